The second-order valence-electron chi connectivity index (χ2n) is 6.25. The summed E-state index contributed by atoms with van der Waals surface area (Å²) in [7, 11) is -1.41. The van der Waals surface area contributed by atoms with Gasteiger partial charge in [-0.15, -0.1) is 0 Å². The van der Waals surface area contributed by atoms with Gasteiger partial charge in [-0.25, -0.2) is 12.7 Å². The van der Waals surface area contributed by atoms with Gasteiger partial charge in [0.15, 0.2) is 0 Å². The van der Waals surface area contributed by atoms with Crippen LogP contribution in [0.5, 0.6) is 0 Å². The topological polar surface area (TPSA) is 66.5 Å². The van der Waals surface area contributed by atoms with Crippen molar-refractivity contribution in [2.75, 3.05) is 20.1 Å². The van der Waals surface area contributed by atoms with Crippen molar-refractivity contribution >= 4 is 15.9 Å². The number of amides is 1. The highest BCUT2D eigenvalue weighted by atomic mass is 32.2. The molecule has 0 bridgehead atoms. The largest absolute Gasteiger partial charge is 0.359 e. The fourth-order valence-corrected chi connectivity index (χ4v) is 5.80. The van der Waals surface area contributed by atoms with Crippen molar-refractivity contribution < 1.29 is 13.2 Å². The molecule has 108 valence electrons. The Morgan fingerprint density at radius 1 is 1.26 bits per heavy atom. The van der Waals surface area contributed by atoms with Crippen LogP contribution < -0.4 is 5.32 Å². The molecule has 0 aromatic carbocycles. The maximum Gasteiger partial charge on any atom is 0.223 e. The first kappa shape index (κ1) is 13.4. The summed E-state index contributed by atoms with van der Waals surface area (Å²) < 4.78 is 26.3. The molecule has 1 spiro atoms. The minimum Gasteiger partial charge on any atom is -0.359 e. The first-order valence-electron chi connectivity index (χ1n) is 7.20. The van der Waals surface area contributed by atoms with Crippen molar-refractivity contribution in [2.24, 2.45) is 11.3 Å². The molecule has 0 radical (unpaired) electrons. The second-order valence-corrected chi connectivity index (χ2v) is 8.46. The summed E-state index contributed by atoms with van der Waals surface area (Å²) in [5.74, 6) is 0.0834. The van der Waals surface area contributed by atoms with Crippen molar-refractivity contribution in [3.63, 3.8) is 0 Å². The molecular weight excluding hydrogens is 264 g/mol. The molecule has 1 aliphatic heterocycles. The number of carbonyl (C=O) groups excluding carboxylic acids is 1. The Hall–Kier alpha value is -0.620. The number of nitrogens with one attached hydrogen (secondary N) is 1. The van der Waals surface area contributed by atoms with Gasteiger partial charge in [-0.1, -0.05) is 6.42 Å². The van der Waals surface area contributed by atoms with E-state index in [1.807, 2.05) is 0 Å². The highest BCUT2D eigenvalue weighted by Crippen LogP contribution is 2.51. The van der Waals surface area contributed by atoms with Crippen LogP contribution in [0.4, 0.5) is 0 Å². The van der Waals surface area contributed by atoms with Crippen LogP contribution in [0.15, 0.2) is 0 Å². The predicted octanol–water partition coefficient (Wildman–Crippen LogP) is 0.717. The molecule has 2 saturated carbocycles. The van der Waals surface area contributed by atoms with E-state index in [0.29, 0.717) is 13.1 Å². The van der Waals surface area contributed by atoms with Gasteiger partial charge in [-0.2, -0.15) is 0 Å². The number of rotatable bonds is 3. The quantitative estimate of drug-likeness (QED) is 0.831. The van der Waals surface area contributed by atoms with Crippen LogP contribution in [0.2, 0.25) is 0 Å². The smallest absolute Gasteiger partial charge is 0.223 e. The maximum absolute atomic E-state index is 12.3. The SMILES string of the molecule is CNC(=O)[C@@H]1CCC[C@@]12CCN(S(=O)(=O)C1CC1)C2. The summed E-state index contributed by atoms with van der Waals surface area (Å²) >= 11 is 0. The predicted molar refractivity (Wildman–Crippen MR) is 72.0 cm³/mol. The van der Waals surface area contributed by atoms with Gasteiger partial charge in [0.05, 0.1) is 5.25 Å². The number of hydrogen-bond donors (Lipinski definition) is 1. The van der Waals surface area contributed by atoms with E-state index in [1.165, 1.54) is 0 Å². The van der Waals surface area contributed by atoms with Crippen LogP contribution in [0.25, 0.3) is 0 Å². The standard InChI is InChI=1S/C13H22N2O3S/c1-14-12(16)11-3-2-6-13(11)7-8-15(9-13)19(17,18)10-4-5-10/h10-11H,2-9H2,1H3,(H,14,16)/t11-,13-/m0/s1. The molecule has 19 heavy (non-hydrogen) atoms. The van der Waals surface area contributed by atoms with Crippen LogP contribution in [-0.4, -0.2) is 44.0 Å². The monoisotopic (exact) mass is 286 g/mol. The van der Waals surface area contributed by atoms with E-state index in [2.05, 4.69) is 5.32 Å². The Kier molecular flexibility index (Phi) is 3.13. The summed E-state index contributed by atoms with van der Waals surface area (Å²) in [4.78, 5) is 12.0. The molecule has 2 atom stereocenters. The van der Waals surface area contributed by atoms with Crippen molar-refractivity contribution in [1.29, 1.82) is 0 Å². The molecule has 3 aliphatic rings. The molecule has 6 heteroatoms. The van der Waals surface area contributed by atoms with E-state index in [9.17, 15) is 13.2 Å². The first-order chi connectivity index (χ1) is 8.99. The van der Waals surface area contributed by atoms with Gasteiger partial charge < -0.3 is 5.32 Å². The van der Waals surface area contributed by atoms with Gasteiger partial charge in [0.25, 0.3) is 0 Å². The molecule has 5 nitrogen and oxygen atoms in total. The van der Waals surface area contributed by atoms with Gasteiger partial charge in [0, 0.05) is 26.1 Å². The van der Waals surface area contributed by atoms with Crippen LogP contribution in [-0.2, 0) is 14.8 Å². The fourth-order valence-electron chi connectivity index (χ4n) is 3.86. The fraction of sp³-hybridized carbons (Fsp3) is 0.923. The molecule has 2 aliphatic carbocycles. The van der Waals surface area contributed by atoms with Gasteiger partial charge in [-0.3, -0.25) is 4.79 Å². The number of carbonyl (C=O) groups is 1. The molecule has 1 saturated heterocycles. The van der Waals surface area contributed by atoms with Crippen LogP contribution in [0.1, 0.15) is 38.5 Å². The van der Waals surface area contributed by atoms with Crippen molar-refractivity contribution in [2.45, 2.75) is 43.8 Å². The summed E-state index contributed by atoms with van der Waals surface area (Å²) in [6.45, 7) is 1.16. The summed E-state index contributed by atoms with van der Waals surface area (Å²) in [6.07, 6.45) is 5.39. The Morgan fingerprint density at radius 3 is 2.63 bits per heavy atom. The Morgan fingerprint density at radius 2 is 2.00 bits per heavy atom. The maximum atomic E-state index is 12.3. The van der Waals surface area contributed by atoms with E-state index in [0.717, 1.165) is 38.5 Å². The molecular formula is C13H22N2O3S. The zero-order valence-electron chi connectivity index (χ0n) is 11.4. The molecule has 0 unspecified atom stereocenters. The normalized spacial score (nSPS) is 35.9. The molecule has 0 aromatic heterocycles. The van der Waals surface area contributed by atoms with E-state index < -0.39 is 10.0 Å². The average Bonchev–Trinajstić information content (AvgIpc) is 3.06. The van der Waals surface area contributed by atoms with E-state index in [1.54, 1.807) is 11.4 Å². The van der Waals surface area contributed by atoms with Crippen LogP contribution in [0, 0.1) is 11.3 Å². The highest BCUT2D eigenvalue weighted by Gasteiger charge is 2.54. The van der Waals surface area contributed by atoms with Gasteiger partial charge in [-0.05, 0) is 37.5 Å². The number of sulfonamides is 1. The lowest BCUT2D eigenvalue weighted by Gasteiger charge is -2.30. The Labute approximate surface area is 114 Å². The lowest BCUT2D eigenvalue weighted by molar-refractivity contribution is -0.127. The van der Waals surface area contributed by atoms with Crippen LogP contribution >= 0.6 is 0 Å². The molecule has 0 aromatic rings. The number of nitrogens with zero attached hydrogens (tertiary/aromatic N) is 1. The highest BCUT2D eigenvalue weighted by molar-refractivity contribution is 7.90. The summed E-state index contributed by atoms with van der Waals surface area (Å²) in [5, 5.41) is 2.60. The third-order valence-corrected chi connectivity index (χ3v) is 7.47. The van der Waals surface area contributed by atoms with Gasteiger partial charge in [0.1, 0.15) is 0 Å². The minimum atomic E-state index is -3.08. The van der Waals surface area contributed by atoms with Crippen LogP contribution in [0.3, 0.4) is 0 Å². The minimum absolute atomic E-state index is 0.00287. The molecule has 3 fully saturated rings. The van der Waals surface area contributed by atoms with Crippen molar-refractivity contribution in [3.05, 3.63) is 0 Å². The third kappa shape index (κ3) is 2.09. The lowest BCUT2D eigenvalue weighted by Crippen LogP contribution is -2.40. The van der Waals surface area contributed by atoms with E-state index >= 15 is 0 Å². The summed E-state index contributed by atoms with van der Waals surface area (Å²) in [6, 6.07) is 0. The van der Waals surface area contributed by atoms with E-state index in [-0.39, 0.29) is 22.5 Å². The first-order valence-corrected chi connectivity index (χ1v) is 8.70. The van der Waals surface area contributed by atoms with Gasteiger partial charge in [0.2, 0.25) is 15.9 Å². The molecule has 1 amide bonds. The summed E-state index contributed by atoms with van der Waals surface area (Å²) in [5.41, 5.74) is -0.0952. The Bertz CT molecular complexity index is 486. The molecule has 3 rings (SSSR count). The lowest BCUT2D eigenvalue weighted by atomic mass is 9.76. The van der Waals surface area contributed by atoms with Crippen molar-refractivity contribution in [3.8, 4) is 0 Å². The number of hydrogen-bond acceptors (Lipinski definition) is 3. The second kappa shape index (κ2) is 4.45. The third-order valence-electron chi connectivity index (χ3n) is 5.13. The average molecular weight is 286 g/mol. The molecule has 1 N–H and O–H groups in total. The van der Waals surface area contributed by atoms with Gasteiger partial charge >= 0.3 is 0 Å². The molecule has 1 heterocycles. The van der Waals surface area contributed by atoms with Crippen molar-refractivity contribution in [1.82, 2.24) is 9.62 Å². The van der Waals surface area contributed by atoms with E-state index in [4.69, 9.17) is 0 Å². The Balaban J connectivity index is 1.78. The zero-order chi connectivity index (χ0) is 13.7. The zero-order valence-corrected chi connectivity index (χ0v) is 12.2.